The number of nitrogens with one attached hydrogen (secondary N) is 2. The van der Waals surface area contributed by atoms with Crippen LogP contribution in [-0.4, -0.2) is 34.0 Å². The number of carbonyl (C=O) groups excluding carboxylic acids is 1. The van der Waals surface area contributed by atoms with E-state index in [1.54, 1.807) is 23.5 Å². The summed E-state index contributed by atoms with van der Waals surface area (Å²) in [5.74, 6) is -0.524. The van der Waals surface area contributed by atoms with E-state index in [1.165, 1.54) is 6.07 Å². The average molecular weight is 597 g/mol. The largest absolute Gasteiger partial charge is 0.366 e. The summed E-state index contributed by atoms with van der Waals surface area (Å²) in [5.41, 5.74) is 3.03. The third-order valence-electron chi connectivity index (χ3n) is 6.11. The fourth-order valence-corrected chi connectivity index (χ4v) is 5.89. The van der Waals surface area contributed by atoms with Gasteiger partial charge in [-0.25, -0.2) is 4.98 Å². The molecule has 0 bridgehead atoms. The Bertz CT molecular complexity index is 1480. The summed E-state index contributed by atoms with van der Waals surface area (Å²) < 4.78 is 1.94. The van der Waals surface area contributed by atoms with Gasteiger partial charge < -0.3 is 10.2 Å². The van der Waals surface area contributed by atoms with Crippen LogP contribution in [-0.2, 0) is 0 Å². The van der Waals surface area contributed by atoms with Gasteiger partial charge in [0.15, 0.2) is 5.11 Å². The predicted octanol–water partition coefficient (Wildman–Crippen LogP) is 6.75. The molecule has 0 atom stereocenters. The second-order valence-corrected chi connectivity index (χ2v) is 10.9. The third kappa shape index (κ3) is 5.63. The molecule has 2 heterocycles. The normalized spacial score (nSPS) is 13.4. The minimum Gasteiger partial charge on any atom is -0.366 e. The van der Waals surface area contributed by atoms with Crippen molar-refractivity contribution in [3.8, 4) is 10.6 Å². The Balaban J connectivity index is 1.35. The van der Waals surface area contributed by atoms with Crippen LogP contribution in [0.1, 0.15) is 29.6 Å². The molecule has 0 radical (unpaired) electrons. The molecule has 1 saturated heterocycles. The van der Waals surface area contributed by atoms with Crippen LogP contribution in [0.4, 0.5) is 17.1 Å². The van der Waals surface area contributed by atoms with Gasteiger partial charge in [-0.1, -0.05) is 28.1 Å². The maximum atomic E-state index is 12.9. The molecule has 5 rings (SSSR count). The van der Waals surface area contributed by atoms with Crippen LogP contribution in [0.5, 0.6) is 0 Å². The zero-order chi connectivity index (χ0) is 25.9. The van der Waals surface area contributed by atoms with Crippen molar-refractivity contribution in [3.05, 3.63) is 80.8 Å². The summed E-state index contributed by atoms with van der Waals surface area (Å²) in [6.07, 6.45) is 3.11. The molecular weight excluding hydrogens is 574 g/mol. The Kier molecular flexibility index (Phi) is 7.45. The summed E-state index contributed by atoms with van der Waals surface area (Å²) in [5, 5.41) is 18.4. The van der Waals surface area contributed by atoms with E-state index in [0.717, 1.165) is 57.6 Å². The molecule has 4 aromatic rings. The number of benzene rings is 3. The Morgan fingerprint density at radius 1 is 1.08 bits per heavy atom. The Morgan fingerprint density at radius 3 is 2.62 bits per heavy atom. The fraction of sp³-hybridized carbons (Fsp3) is 0.192. The SMILES string of the molecule is O=C(NC(=S)Nc1ccc(Br)cc1-c1nc2ccccc2s1)c1ccc(N2CCCCC2)c([N+](=O)[O-])c1. The summed E-state index contributed by atoms with van der Waals surface area (Å²) in [6, 6.07) is 18.1. The average Bonchev–Trinajstić information content (AvgIpc) is 3.34. The molecule has 0 unspecified atom stereocenters. The molecule has 0 saturated carbocycles. The quantitative estimate of drug-likeness (QED) is 0.149. The maximum Gasteiger partial charge on any atom is 0.293 e. The minimum absolute atomic E-state index is 0.0810. The summed E-state index contributed by atoms with van der Waals surface area (Å²) in [7, 11) is 0. The van der Waals surface area contributed by atoms with Crippen molar-refractivity contribution in [1.29, 1.82) is 0 Å². The number of nitro groups is 1. The maximum absolute atomic E-state index is 12.9. The molecule has 11 heteroatoms. The zero-order valence-electron chi connectivity index (χ0n) is 19.6. The van der Waals surface area contributed by atoms with Crippen LogP contribution in [0.2, 0.25) is 0 Å². The van der Waals surface area contributed by atoms with E-state index in [0.29, 0.717) is 11.4 Å². The highest BCUT2D eigenvalue weighted by Crippen LogP contribution is 2.36. The molecule has 1 aliphatic heterocycles. The van der Waals surface area contributed by atoms with E-state index in [4.69, 9.17) is 17.2 Å². The lowest BCUT2D eigenvalue weighted by atomic mass is 10.1. The molecule has 2 N–H and O–H groups in total. The van der Waals surface area contributed by atoms with Crippen molar-refractivity contribution in [3.63, 3.8) is 0 Å². The number of amides is 1. The van der Waals surface area contributed by atoms with Gasteiger partial charge in [-0.05, 0) is 73.9 Å². The highest BCUT2D eigenvalue weighted by atomic mass is 79.9. The van der Waals surface area contributed by atoms with Gasteiger partial charge in [0, 0.05) is 34.8 Å². The van der Waals surface area contributed by atoms with Gasteiger partial charge in [-0.2, -0.15) is 0 Å². The summed E-state index contributed by atoms with van der Waals surface area (Å²) in [6.45, 7) is 1.54. The van der Waals surface area contributed by atoms with Crippen LogP contribution in [0.15, 0.2) is 65.1 Å². The van der Waals surface area contributed by atoms with Crippen molar-refractivity contribution in [2.45, 2.75) is 19.3 Å². The first-order chi connectivity index (χ1) is 17.9. The number of halogens is 1. The second-order valence-electron chi connectivity index (χ2n) is 8.59. The predicted molar refractivity (Wildman–Crippen MR) is 156 cm³/mol. The number of para-hydroxylation sites is 1. The molecule has 1 amide bonds. The van der Waals surface area contributed by atoms with Crippen LogP contribution in [0.3, 0.4) is 0 Å². The van der Waals surface area contributed by atoms with E-state index in [1.807, 2.05) is 47.4 Å². The number of rotatable bonds is 5. The molecular formula is C26H22BrN5O3S2. The molecule has 0 spiro atoms. The summed E-state index contributed by atoms with van der Waals surface area (Å²) >= 11 is 10.5. The molecule has 37 heavy (non-hydrogen) atoms. The highest BCUT2D eigenvalue weighted by molar-refractivity contribution is 9.10. The number of piperidine rings is 1. The first kappa shape index (κ1) is 25.2. The van der Waals surface area contributed by atoms with E-state index in [2.05, 4.69) is 26.6 Å². The molecule has 0 aliphatic carbocycles. The molecule has 1 fully saturated rings. The Hall–Kier alpha value is -3.41. The van der Waals surface area contributed by atoms with Crippen molar-refractivity contribution >= 4 is 77.8 Å². The van der Waals surface area contributed by atoms with E-state index in [-0.39, 0.29) is 16.4 Å². The van der Waals surface area contributed by atoms with Gasteiger partial charge in [-0.15, -0.1) is 11.3 Å². The van der Waals surface area contributed by atoms with Crippen LogP contribution in [0, 0.1) is 10.1 Å². The Morgan fingerprint density at radius 2 is 1.86 bits per heavy atom. The molecule has 8 nitrogen and oxygen atoms in total. The van der Waals surface area contributed by atoms with Gasteiger partial charge in [0.2, 0.25) is 0 Å². The summed E-state index contributed by atoms with van der Waals surface area (Å²) in [4.78, 5) is 31.0. The van der Waals surface area contributed by atoms with Crippen LogP contribution in [0.25, 0.3) is 20.8 Å². The van der Waals surface area contributed by atoms with Gasteiger partial charge in [-0.3, -0.25) is 20.2 Å². The number of carbonyl (C=O) groups is 1. The van der Waals surface area contributed by atoms with Crippen molar-refractivity contribution in [2.24, 2.45) is 0 Å². The number of nitrogens with zero attached hydrogens (tertiary/aromatic N) is 3. The van der Waals surface area contributed by atoms with Crippen molar-refractivity contribution in [2.75, 3.05) is 23.3 Å². The van der Waals surface area contributed by atoms with Gasteiger partial charge >= 0.3 is 0 Å². The van der Waals surface area contributed by atoms with E-state index < -0.39 is 10.8 Å². The number of fused-ring (bicyclic) bond motifs is 1. The number of anilines is 2. The van der Waals surface area contributed by atoms with E-state index in [9.17, 15) is 14.9 Å². The Labute approximate surface area is 231 Å². The molecule has 1 aliphatic rings. The number of aromatic nitrogens is 1. The van der Waals surface area contributed by atoms with E-state index >= 15 is 0 Å². The fourth-order valence-electron chi connectivity index (χ4n) is 4.33. The first-order valence-electron chi connectivity index (χ1n) is 11.7. The molecule has 1 aromatic heterocycles. The van der Waals surface area contributed by atoms with Gasteiger partial charge in [0.05, 0.1) is 20.8 Å². The molecule has 188 valence electrons. The van der Waals surface area contributed by atoms with Gasteiger partial charge in [0.1, 0.15) is 10.7 Å². The van der Waals surface area contributed by atoms with Crippen LogP contribution >= 0.6 is 39.5 Å². The highest BCUT2D eigenvalue weighted by Gasteiger charge is 2.23. The zero-order valence-corrected chi connectivity index (χ0v) is 22.8. The lowest BCUT2D eigenvalue weighted by molar-refractivity contribution is -0.384. The third-order valence-corrected chi connectivity index (χ3v) is 7.88. The number of thiocarbonyl (C=S) groups is 1. The van der Waals surface area contributed by atoms with Crippen LogP contribution < -0.4 is 15.5 Å². The lowest BCUT2D eigenvalue weighted by Crippen LogP contribution is -2.34. The standard InChI is InChI=1S/C26H22BrN5O3S2/c27-17-9-10-19(18(15-17)25-28-20-6-2-3-7-23(20)37-25)29-26(36)30-24(33)16-8-11-21(22(14-16)32(34)35)31-12-4-1-5-13-31/h2-3,6-11,14-15H,1,4-5,12-13H2,(H2,29,30,33,36). The van der Waals surface area contributed by atoms with Crippen molar-refractivity contribution < 1.29 is 9.72 Å². The number of hydrogen-bond acceptors (Lipinski definition) is 7. The smallest absolute Gasteiger partial charge is 0.293 e. The van der Waals surface area contributed by atoms with Gasteiger partial charge in [0.25, 0.3) is 11.6 Å². The number of nitro benzene ring substituents is 1. The molecule has 3 aromatic carbocycles. The first-order valence-corrected chi connectivity index (χ1v) is 13.7. The number of hydrogen-bond donors (Lipinski definition) is 2. The topological polar surface area (TPSA) is 100 Å². The number of thiazole rings is 1. The lowest BCUT2D eigenvalue weighted by Gasteiger charge is -2.28. The van der Waals surface area contributed by atoms with Crippen molar-refractivity contribution in [1.82, 2.24) is 10.3 Å². The monoisotopic (exact) mass is 595 g/mol. The minimum atomic E-state index is -0.524. The second kappa shape index (κ2) is 10.9.